The Morgan fingerprint density at radius 2 is 1.58 bits per heavy atom. The molecule has 1 aliphatic rings. The lowest BCUT2D eigenvalue weighted by molar-refractivity contribution is 0.442. The summed E-state index contributed by atoms with van der Waals surface area (Å²) in [6.45, 7) is 2.06. The highest BCUT2D eigenvalue weighted by Gasteiger charge is 2.23. The first-order valence-corrected chi connectivity index (χ1v) is 7.80. The third-order valence-electron chi connectivity index (χ3n) is 4.30. The van der Waals surface area contributed by atoms with E-state index in [1.807, 2.05) is 30.3 Å². The molecule has 0 saturated heterocycles. The van der Waals surface area contributed by atoms with Gasteiger partial charge in [-0.1, -0.05) is 37.3 Å². The molecule has 1 atom stereocenters. The van der Waals surface area contributed by atoms with Crippen molar-refractivity contribution in [2.24, 2.45) is 0 Å². The van der Waals surface area contributed by atoms with E-state index in [4.69, 9.17) is 0 Å². The molecule has 0 saturated carbocycles. The van der Waals surface area contributed by atoms with Crippen LogP contribution in [0.3, 0.4) is 0 Å². The largest absolute Gasteiger partial charge is 0.211 e. The maximum absolute atomic E-state index is 14.5. The minimum Gasteiger partial charge on any atom is -0.211 e. The molecule has 0 amide bonds. The molecule has 0 fully saturated rings. The summed E-state index contributed by atoms with van der Waals surface area (Å²) in [5.74, 6) is -5.43. The standard InChI is InChI=1S/C20H16F4/c1-2-12-3-5-13(6-4-12)14-7-8-16(17(21)9-14)15-10-18(22)20(24)19(23)11-15/h3-7,9-11,16H,2,8H2,1H3. The molecular formula is C20H16F4. The normalized spacial score (nSPS) is 17.5. The van der Waals surface area contributed by atoms with Crippen molar-refractivity contribution in [2.75, 3.05) is 0 Å². The summed E-state index contributed by atoms with van der Waals surface area (Å²) in [6, 6.07) is 9.52. The highest BCUT2D eigenvalue weighted by atomic mass is 19.2. The third kappa shape index (κ3) is 3.14. The maximum atomic E-state index is 14.5. The number of allylic oxidation sites excluding steroid dienone is 4. The van der Waals surface area contributed by atoms with Gasteiger partial charge in [-0.2, -0.15) is 0 Å². The number of halogens is 4. The van der Waals surface area contributed by atoms with Crippen molar-refractivity contribution in [2.45, 2.75) is 25.7 Å². The van der Waals surface area contributed by atoms with Crippen LogP contribution in [0.1, 0.15) is 36.0 Å². The Morgan fingerprint density at radius 3 is 2.12 bits per heavy atom. The summed E-state index contributed by atoms with van der Waals surface area (Å²) in [7, 11) is 0. The van der Waals surface area contributed by atoms with Crippen LogP contribution in [0.15, 0.2) is 54.4 Å². The van der Waals surface area contributed by atoms with E-state index in [1.54, 1.807) is 0 Å². The number of hydrogen-bond donors (Lipinski definition) is 0. The quantitative estimate of drug-likeness (QED) is 0.471. The Hall–Kier alpha value is -2.36. The first-order chi connectivity index (χ1) is 11.5. The van der Waals surface area contributed by atoms with Crippen LogP contribution in [0.2, 0.25) is 0 Å². The van der Waals surface area contributed by atoms with Gasteiger partial charge < -0.3 is 0 Å². The Kier molecular flexibility index (Phi) is 4.56. The topological polar surface area (TPSA) is 0 Å². The van der Waals surface area contributed by atoms with Gasteiger partial charge in [0, 0.05) is 5.92 Å². The van der Waals surface area contributed by atoms with E-state index in [9.17, 15) is 17.6 Å². The zero-order valence-corrected chi connectivity index (χ0v) is 13.1. The molecule has 0 heterocycles. The van der Waals surface area contributed by atoms with Gasteiger partial charge in [0.05, 0.1) is 0 Å². The molecule has 0 bridgehead atoms. The van der Waals surface area contributed by atoms with Crippen LogP contribution in [0.25, 0.3) is 5.57 Å². The highest BCUT2D eigenvalue weighted by molar-refractivity contribution is 5.76. The zero-order valence-electron chi connectivity index (χ0n) is 13.1. The fourth-order valence-electron chi connectivity index (χ4n) is 2.87. The Bertz CT molecular complexity index is 793. The first-order valence-electron chi connectivity index (χ1n) is 7.80. The van der Waals surface area contributed by atoms with Crippen LogP contribution in [0.5, 0.6) is 0 Å². The van der Waals surface area contributed by atoms with E-state index in [2.05, 4.69) is 6.92 Å². The SMILES string of the molecule is CCc1ccc(C2=CCC(c3cc(F)c(F)c(F)c3)C(F)=C2)cc1. The molecular weight excluding hydrogens is 316 g/mol. The van der Waals surface area contributed by atoms with Gasteiger partial charge in [0.2, 0.25) is 0 Å². The van der Waals surface area contributed by atoms with E-state index in [-0.39, 0.29) is 12.0 Å². The molecule has 0 aromatic heterocycles. The molecule has 2 aromatic rings. The van der Waals surface area contributed by atoms with Crippen molar-refractivity contribution in [1.82, 2.24) is 0 Å². The third-order valence-corrected chi connectivity index (χ3v) is 4.30. The molecule has 0 aliphatic heterocycles. The summed E-state index contributed by atoms with van der Waals surface area (Å²) >= 11 is 0. The lowest BCUT2D eigenvalue weighted by Gasteiger charge is -2.20. The average Bonchev–Trinajstić information content (AvgIpc) is 2.59. The molecule has 0 radical (unpaired) electrons. The second-order valence-electron chi connectivity index (χ2n) is 5.83. The zero-order chi connectivity index (χ0) is 17.3. The van der Waals surface area contributed by atoms with Gasteiger partial charge in [-0.05, 0) is 53.3 Å². The number of aryl methyl sites for hydroxylation is 1. The Morgan fingerprint density at radius 1 is 0.958 bits per heavy atom. The van der Waals surface area contributed by atoms with E-state index in [0.29, 0.717) is 0 Å². The molecule has 24 heavy (non-hydrogen) atoms. The maximum Gasteiger partial charge on any atom is 0.194 e. The van der Waals surface area contributed by atoms with Crippen molar-refractivity contribution < 1.29 is 17.6 Å². The molecule has 1 aliphatic carbocycles. The molecule has 0 spiro atoms. The van der Waals surface area contributed by atoms with E-state index in [1.165, 1.54) is 11.6 Å². The fraction of sp³-hybridized carbons (Fsp3) is 0.200. The highest BCUT2D eigenvalue weighted by Crippen LogP contribution is 2.37. The smallest absolute Gasteiger partial charge is 0.194 e. The van der Waals surface area contributed by atoms with Crippen molar-refractivity contribution in [1.29, 1.82) is 0 Å². The second kappa shape index (κ2) is 6.63. The average molecular weight is 332 g/mol. The van der Waals surface area contributed by atoms with E-state index < -0.39 is 29.2 Å². The van der Waals surface area contributed by atoms with Gasteiger partial charge in [0.1, 0.15) is 5.83 Å². The predicted octanol–water partition coefficient (Wildman–Crippen LogP) is 6.09. The fourth-order valence-corrected chi connectivity index (χ4v) is 2.87. The minimum atomic E-state index is -1.54. The molecule has 3 rings (SSSR count). The summed E-state index contributed by atoms with van der Waals surface area (Å²) < 4.78 is 54.2. The number of benzene rings is 2. The van der Waals surface area contributed by atoms with Crippen LogP contribution in [-0.4, -0.2) is 0 Å². The predicted molar refractivity (Wildman–Crippen MR) is 86.7 cm³/mol. The summed E-state index contributed by atoms with van der Waals surface area (Å²) in [5.41, 5.74) is 2.90. The van der Waals surface area contributed by atoms with Crippen molar-refractivity contribution in [3.8, 4) is 0 Å². The van der Waals surface area contributed by atoms with Crippen molar-refractivity contribution >= 4 is 5.57 Å². The number of rotatable bonds is 3. The molecule has 124 valence electrons. The summed E-state index contributed by atoms with van der Waals surface area (Å²) in [6.07, 6.45) is 4.38. The Labute approximate surface area is 138 Å². The van der Waals surface area contributed by atoms with Gasteiger partial charge in [0.25, 0.3) is 0 Å². The van der Waals surface area contributed by atoms with Crippen LogP contribution < -0.4 is 0 Å². The first kappa shape index (κ1) is 16.5. The van der Waals surface area contributed by atoms with Gasteiger partial charge >= 0.3 is 0 Å². The molecule has 4 heteroatoms. The van der Waals surface area contributed by atoms with Crippen LogP contribution in [-0.2, 0) is 6.42 Å². The Balaban J connectivity index is 1.87. The van der Waals surface area contributed by atoms with Gasteiger partial charge in [-0.25, -0.2) is 17.6 Å². The molecule has 0 nitrogen and oxygen atoms in total. The summed E-state index contributed by atoms with van der Waals surface area (Å²) in [5, 5.41) is 0. The van der Waals surface area contributed by atoms with E-state index >= 15 is 0 Å². The molecule has 0 N–H and O–H groups in total. The monoisotopic (exact) mass is 332 g/mol. The van der Waals surface area contributed by atoms with Gasteiger partial charge in [0.15, 0.2) is 17.5 Å². The van der Waals surface area contributed by atoms with Crippen LogP contribution in [0, 0.1) is 17.5 Å². The lowest BCUT2D eigenvalue weighted by atomic mass is 9.87. The lowest BCUT2D eigenvalue weighted by Crippen LogP contribution is -2.06. The van der Waals surface area contributed by atoms with Gasteiger partial charge in [-0.15, -0.1) is 0 Å². The van der Waals surface area contributed by atoms with Crippen LogP contribution >= 0.6 is 0 Å². The van der Waals surface area contributed by atoms with Crippen molar-refractivity contribution in [3.63, 3.8) is 0 Å². The summed E-state index contributed by atoms with van der Waals surface area (Å²) in [4.78, 5) is 0. The van der Waals surface area contributed by atoms with Gasteiger partial charge in [-0.3, -0.25) is 0 Å². The van der Waals surface area contributed by atoms with Crippen LogP contribution in [0.4, 0.5) is 17.6 Å². The molecule has 2 aromatic carbocycles. The minimum absolute atomic E-state index is 0.0942. The second-order valence-corrected chi connectivity index (χ2v) is 5.83. The number of hydrogen-bond acceptors (Lipinski definition) is 0. The van der Waals surface area contributed by atoms with E-state index in [0.717, 1.165) is 29.7 Å². The molecule has 1 unspecified atom stereocenters. The van der Waals surface area contributed by atoms with Crippen molar-refractivity contribution in [3.05, 3.63) is 88.5 Å².